The first-order valence-electron chi connectivity index (χ1n) is 8.52. The fraction of sp³-hybridized carbons (Fsp3) is 0.471. The molecular weight excluding hydrogens is 388 g/mol. The minimum atomic E-state index is -0.245. The molecule has 0 bridgehead atoms. The predicted molar refractivity (Wildman–Crippen MR) is 105 cm³/mol. The van der Waals surface area contributed by atoms with Crippen LogP contribution >= 0.6 is 23.7 Å². The van der Waals surface area contributed by atoms with E-state index in [1.54, 1.807) is 23.5 Å². The maximum Gasteiger partial charge on any atom is 0.225 e. The van der Waals surface area contributed by atoms with Crippen molar-refractivity contribution in [3.63, 3.8) is 0 Å². The van der Waals surface area contributed by atoms with E-state index in [9.17, 15) is 9.59 Å². The number of nitrogens with one attached hydrogen (secondary N) is 1. The average molecular weight is 411 g/mol. The number of nitrogens with two attached hydrogens (primary N) is 1. The van der Waals surface area contributed by atoms with Crippen LogP contribution in [0.2, 0.25) is 0 Å². The molecule has 2 atom stereocenters. The van der Waals surface area contributed by atoms with Crippen LogP contribution in [0.4, 0.5) is 0 Å². The molecule has 2 amide bonds. The molecule has 10 heteroatoms. The third-order valence-electron chi connectivity index (χ3n) is 4.38. The zero-order valence-electron chi connectivity index (χ0n) is 15.0. The maximum atomic E-state index is 12.5. The fourth-order valence-corrected chi connectivity index (χ4v) is 3.71. The van der Waals surface area contributed by atoms with Gasteiger partial charge < -0.3 is 16.0 Å². The summed E-state index contributed by atoms with van der Waals surface area (Å²) in [5.41, 5.74) is 7.49. The molecule has 2 aromatic heterocycles. The highest BCUT2D eigenvalue weighted by Crippen LogP contribution is 2.21. The van der Waals surface area contributed by atoms with Crippen molar-refractivity contribution in [2.24, 2.45) is 11.7 Å². The lowest BCUT2D eigenvalue weighted by Gasteiger charge is -2.23. The molecule has 2 aromatic rings. The molecule has 1 aliphatic rings. The van der Waals surface area contributed by atoms with E-state index < -0.39 is 0 Å². The summed E-state index contributed by atoms with van der Waals surface area (Å²) in [6.45, 7) is 2.78. The van der Waals surface area contributed by atoms with Crippen LogP contribution in [0.15, 0.2) is 24.0 Å². The highest BCUT2D eigenvalue weighted by atomic mass is 35.5. The Hall–Kier alpha value is -2.10. The zero-order chi connectivity index (χ0) is 18.5. The number of aromatic nitrogens is 3. The van der Waals surface area contributed by atoms with Crippen molar-refractivity contribution in [3.8, 4) is 10.7 Å². The van der Waals surface area contributed by atoms with Crippen LogP contribution in [-0.2, 0) is 16.1 Å². The predicted octanol–water partition coefficient (Wildman–Crippen LogP) is 1.22. The van der Waals surface area contributed by atoms with Crippen LogP contribution in [0.3, 0.4) is 0 Å². The molecular formula is C17H23ClN6O2S. The summed E-state index contributed by atoms with van der Waals surface area (Å²) in [6.07, 6.45) is 6.30. The number of amides is 2. The van der Waals surface area contributed by atoms with Gasteiger partial charge in [-0.15, -0.1) is 23.7 Å². The molecule has 0 unspecified atom stereocenters. The van der Waals surface area contributed by atoms with Gasteiger partial charge in [0.05, 0.1) is 24.4 Å². The van der Waals surface area contributed by atoms with Crippen molar-refractivity contribution >= 4 is 35.6 Å². The molecule has 27 heavy (non-hydrogen) atoms. The maximum absolute atomic E-state index is 12.5. The summed E-state index contributed by atoms with van der Waals surface area (Å²) in [7, 11) is 0. The minimum absolute atomic E-state index is 0. The molecule has 0 radical (unpaired) electrons. The molecule has 0 spiro atoms. The van der Waals surface area contributed by atoms with Crippen molar-refractivity contribution in [1.82, 2.24) is 25.2 Å². The normalized spacial score (nSPS) is 19.7. The summed E-state index contributed by atoms with van der Waals surface area (Å²) in [6, 6.07) is -0.0789. The van der Waals surface area contributed by atoms with Crippen LogP contribution in [0.5, 0.6) is 0 Å². The van der Waals surface area contributed by atoms with Gasteiger partial charge in [-0.05, 0) is 12.8 Å². The highest BCUT2D eigenvalue weighted by Gasteiger charge is 2.28. The Labute approximate surface area is 168 Å². The van der Waals surface area contributed by atoms with Gasteiger partial charge in [-0.25, -0.2) is 4.98 Å². The second-order valence-electron chi connectivity index (χ2n) is 6.41. The van der Waals surface area contributed by atoms with Crippen molar-refractivity contribution in [2.75, 3.05) is 13.1 Å². The third-order valence-corrected chi connectivity index (χ3v) is 5.29. The summed E-state index contributed by atoms with van der Waals surface area (Å²) in [4.78, 5) is 38.6. The SMILES string of the molecule is CC(=O)N1C[C@@H](N)CC[C@@H](C(=O)NCc2csc(-c3cnccn3)n2)C1.Cl. The van der Waals surface area contributed by atoms with Crippen LogP contribution in [0.1, 0.15) is 25.5 Å². The summed E-state index contributed by atoms with van der Waals surface area (Å²) in [5, 5.41) is 5.59. The molecule has 0 saturated carbocycles. The quantitative estimate of drug-likeness (QED) is 0.783. The molecule has 1 aliphatic heterocycles. The lowest BCUT2D eigenvalue weighted by Crippen LogP contribution is -2.42. The monoisotopic (exact) mass is 410 g/mol. The Morgan fingerprint density at radius 1 is 1.33 bits per heavy atom. The van der Waals surface area contributed by atoms with Crippen molar-refractivity contribution in [1.29, 1.82) is 0 Å². The van der Waals surface area contributed by atoms with Gasteiger partial charge in [-0.3, -0.25) is 19.6 Å². The number of hydrogen-bond acceptors (Lipinski definition) is 7. The lowest BCUT2D eigenvalue weighted by molar-refractivity contribution is -0.131. The van der Waals surface area contributed by atoms with Crippen molar-refractivity contribution in [3.05, 3.63) is 29.7 Å². The molecule has 1 saturated heterocycles. The Kier molecular flexibility index (Phi) is 7.64. The van der Waals surface area contributed by atoms with Gasteiger partial charge in [-0.2, -0.15) is 0 Å². The molecule has 3 rings (SSSR count). The fourth-order valence-electron chi connectivity index (χ4n) is 2.93. The first-order chi connectivity index (χ1) is 12.5. The largest absolute Gasteiger partial charge is 0.350 e. The van der Waals surface area contributed by atoms with Crippen LogP contribution in [0, 0.1) is 5.92 Å². The lowest BCUT2D eigenvalue weighted by atomic mass is 10.0. The van der Waals surface area contributed by atoms with E-state index in [0.29, 0.717) is 31.7 Å². The van der Waals surface area contributed by atoms with Crippen molar-refractivity contribution < 1.29 is 9.59 Å². The van der Waals surface area contributed by atoms with E-state index in [1.807, 2.05) is 5.38 Å². The number of carbonyl (C=O) groups excluding carboxylic acids is 2. The molecule has 146 valence electrons. The number of thiazole rings is 1. The second kappa shape index (κ2) is 9.72. The van der Waals surface area contributed by atoms with Gasteiger partial charge in [-0.1, -0.05) is 0 Å². The number of carbonyl (C=O) groups is 2. The van der Waals surface area contributed by atoms with Crippen molar-refractivity contribution in [2.45, 2.75) is 32.4 Å². The first-order valence-corrected chi connectivity index (χ1v) is 9.40. The first kappa shape index (κ1) is 21.2. The molecule has 1 fully saturated rings. The van der Waals surface area contributed by atoms with E-state index in [-0.39, 0.29) is 36.2 Å². The Morgan fingerprint density at radius 2 is 2.15 bits per heavy atom. The third kappa shape index (κ3) is 5.69. The van der Waals surface area contributed by atoms with Gasteiger partial charge in [0, 0.05) is 43.8 Å². The number of hydrogen-bond donors (Lipinski definition) is 2. The van der Waals surface area contributed by atoms with Gasteiger partial charge >= 0.3 is 0 Å². The number of halogens is 1. The molecule has 0 aromatic carbocycles. The summed E-state index contributed by atoms with van der Waals surface area (Å²) >= 11 is 1.46. The number of rotatable bonds is 4. The van der Waals surface area contributed by atoms with Gasteiger partial charge in [0.25, 0.3) is 0 Å². The van der Waals surface area contributed by atoms with E-state index >= 15 is 0 Å². The zero-order valence-corrected chi connectivity index (χ0v) is 16.6. The van der Waals surface area contributed by atoms with Gasteiger partial charge in [0.15, 0.2) is 0 Å². The van der Waals surface area contributed by atoms with E-state index in [2.05, 4.69) is 20.3 Å². The summed E-state index contributed by atoms with van der Waals surface area (Å²) < 4.78 is 0. The molecule has 3 N–H and O–H groups in total. The Morgan fingerprint density at radius 3 is 2.85 bits per heavy atom. The Balaban J connectivity index is 0.00000261. The topological polar surface area (TPSA) is 114 Å². The minimum Gasteiger partial charge on any atom is -0.350 e. The summed E-state index contributed by atoms with van der Waals surface area (Å²) in [5.74, 6) is -0.363. The van der Waals surface area contributed by atoms with E-state index in [0.717, 1.165) is 17.1 Å². The number of likely N-dealkylation sites (tertiary alicyclic amines) is 1. The van der Waals surface area contributed by atoms with Crippen LogP contribution in [0.25, 0.3) is 10.7 Å². The highest BCUT2D eigenvalue weighted by molar-refractivity contribution is 7.13. The van der Waals surface area contributed by atoms with Gasteiger partial charge in [0.2, 0.25) is 11.8 Å². The molecule has 8 nitrogen and oxygen atoms in total. The van der Waals surface area contributed by atoms with E-state index in [4.69, 9.17) is 5.73 Å². The molecule has 0 aliphatic carbocycles. The van der Waals surface area contributed by atoms with Crippen LogP contribution < -0.4 is 11.1 Å². The standard InChI is InChI=1S/C17H22N6O2S.ClH/c1-11(24)23-8-12(2-3-13(18)9-23)16(25)21-6-14-10-26-17(22-14)15-7-19-4-5-20-15;/h4-5,7,10,12-13H,2-3,6,8-9,18H2,1H3,(H,21,25);1H/t12-,13+;/m1./s1. The smallest absolute Gasteiger partial charge is 0.225 e. The number of nitrogens with zero attached hydrogens (tertiary/aromatic N) is 4. The average Bonchev–Trinajstić information content (AvgIpc) is 3.02. The van der Waals surface area contributed by atoms with Gasteiger partial charge in [0.1, 0.15) is 10.7 Å². The van der Waals surface area contributed by atoms with Crippen LogP contribution in [-0.4, -0.2) is 50.8 Å². The van der Waals surface area contributed by atoms with E-state index in [1.165, 1.54) is 18.3 Å². The Bertz CT molecular complexity index is 772. The second-order valence-corrected chi connectivity index (χ2v) is 7.27. The molecule has 3 heterocycles.